The number of benzene rings is 7. The van der Waals surface area contributed by atoms with Crippen molar-refractivity contribution in [2.24, 2.45) is 5.10 Å². The van der Waals surface area contributed by atoms with Gasteiger partial charge in [0.15, 0.2) is 0 Å². The molecule has 0 spiro atoms. The lowest BCUT2D eigenvalue weighted by Gasteiger charge is -2.27. The molecule has 7 aromatic carbocycles. The summed E-state index contributed by atoms with van der Waals surface area (Å²) < 4.78 is 0. The molecule has 1 aliphatic heterocycles. The molecule has 0 saturated carbocycles. The zero-order valence-electron chi connectivity index (χ0n) is 31.1. The van der Waals surface area contributed by atoms with Crippen LogP contribution in [0.25, 0.3) is 6.08 Å². The second-order valence-electron chi connectivity index (χ2n) is 14.2. The summed E-state index contributed by atoms with van der Waals surface area (Å²) in [6.45, 7) is 3.37. The standard InChI is InChI=1S/C51H46N4/c1-6-16-42(17-7-1)37-53(38-43-18-8-2-9-19-43)48-32-27-41(28-33-48)26-31-47-36-51(55(52-47)50-24-14-5-15-25-50)46-29-34-49(35-30-46)54(39-44-20-10-3-11-21-44)40-45-22-12-4-13-23-45/h1-35,51H,36-40H2. The minimum absolute atomic E-state index is 0.0969. The second-order valence-corrected chi connectivity index (χ2v) is 14.2. The Morgan fingerprint density at radius 2 is 0.818 bits per heavy atom. The van der Waals surface area contributed by atoms with E-state index in [2.05, 4.69) is 227 Å². The van der Waals surface area contributed by atoms with E-state index < -0.39 is 0 Å². The summed E-state index contributed by atoms with van der Waals surface area (Å²) in [4.78, 5) is 4.89. The van der Waals surface area contributed by atoms with E-state index in [1.54, 1.807) is 0 Å². The van der Waals surface area contributed by atoms with Crippen molar-refractivity contribution in [3.8, 4) is 0 Å². The van der Waals surface area contributed by atoms with Crippen LogP contribution >= 0.6 is 0 Å². The van der Waals surface area contributed by atoms with Crippen LogP contribution in [-0.4, -0.2) is 5.71 Å². The Labute approximate surface area is 326 Å². The molecule has 0 aromatic heterocycles. The summed E-state index contributed by atoms with van der Waals surface area (Å²) in [5.41, 5.74) is 12.2. The van der Waals surface area contributed by atoms with Gasteiger partial charge < -0.3 is 9.80 Å². The molecule has 7 aromatic rings. The fourth-order valence-electron chi connectivity index (χ4n) is 7.30. The average molecular weight is 715 g/mol. The fraction of sp³-hybridized carbons (Fsp3) is 0.118. The van der Waals surface area contributed by atoms with Crippen LogP contribution in [-0.2, 0) is 26.2 Å². The van der Waals surface area contributed by atoms with Crippen LogP contribution in [0.3, 0.4) is 0 Å². The number of nitrogens with zero attached hydrogens (tertiary/aromatic N) is 4. The van der Waals surface area contributed by atoms with E-state index in [9.17, 15) is 0 Å². The summed E-state index contributed by atoms with van der Waals surface area (Å²) >= 11 is 0. The molecule has 55 heavy (non-hydrogen) atoms. The number of hydrazone groups is 1. The van der Waals surface area contributed by atoms with Crippen LogP contribution in [0.2, 0.25) is 0 Å². The largest absolute Gasteiger partial charge is 0.363 e. The van der Waals surface area contributed by atoms with Gasteiger partial charge in [-0.3, -0.25) is 5.01 Å². The van der Waals surface area contributed by atoms with Gasteiger partial charge in [-0.15, -0.1) is 0 Å². The van der Waals surface area contributed by atoms with Crippen molar-refractivity contribution >= 4 is 28.8 Å². The zero-order chi connectivity index (χ0) is 37.1. The summed E-state index contributed by atoms with van der Waals surface area (Å²) in [6.07, 6.45) is 5.20. The molecule has 0 N–H and O–H groups in total. The van der Waals surface area contributed by atoms with Crippen LogP contribution in [0.1, 0.15) is 45.8 Å². The highest BCUT2D eigenvalue weighted by Gasteiger charge is 2.28. The molecule has 1 aliphatic rings. The number of hydrogen-bond donors (Lipinski definition) is 0. The molecule has 0 aliphatic carbocycles. The highest BCUT2D eigenvalue weighted by atomic mass is 15.5. The van der Waals surface area contributed by atoms with Crippen molar-refractivity contribution in [3.05, 3.63) is 240 Å². The number of rotatable bonds is 14. The first kappa shape index (κ1) is 35.4. The molecule has 4 heteroatoms. The first-order valence-electron chi connectivity index (χ1n) is 19.2. The third kappa shape index (κ3) is 9.30. The van der Waals surface area contributed by atoms with E-state index in [0.29, 0.717) is 0 Å². The lowest BCUT2D eigenvalue weighted by Crippen LogP contribution is -2.22. The molecule has 1 atom stereocenters. The number of para-hydroxylation sites is 1. The molecule has 0 amide bonds. The van der Waals surface area contributed by atoms with Crippen molar-refractivity contribution in [1.29, 1.82) is 0 Å². The second kappa shape index (κ2) is 17.5. The Balaban J connectivity index is 1.00. The Kier molecular flexibility index (Phi) is 11.2. The molecule has 4 nitrogen and oxygen atoms in total. The van der Waals surface area contributed by atoms with Gasteiger partial charge in [-0.2, -0.15) is 5.10 Å². The van der Waals surface area contributed by atoms with Crippen molar-refractivity contribution in [2.75, 3.05) is 14.8 Å². The van der Waals surface area contributed by atoms with Gasteiger partial charge in [0.2, 0.25) is 0 Å². The number of anilines is 3. The van der Waals surface area contributed by atoms with Crippen molar-refractivity contribution in [1.82, 2.24) is 0 Å². The highest BCUT2D eigenvalue weighted by molar-refractivity contribution is 6.01. The molecule has 0 bridgehead atoms. The first-order valence-corrected chi connectivity index (χ1v) is 19.2. The highest BCUT2D eigenvalue weighted by Crippen LogP contribution is 2.36. The first-order chi connectivity index (χ1) is 27.2. The Morgan fingerprint density at radius 1 is 0.436 bits per heavy atom. The van der Waals surface area contributed by atoms with Gasteiger partial charge >= 0.3 is 0 Å². The normalized spacial score (nSPS) is 13.9. The summed E-state index contributed by atoms with van der Waals surface area (Å²) in [7, 11) is 0. The van der Waals surface area contributed by atoms with E-state index in [-0.39, 0.29) is 6.04 Å². The van der Waals surface area contributed by atoms with Crippen LogP contribution < -0.4 is 14.8 Å². The minimum Gasteiger partial charge on any atom is -0.363 e. The van der Waals surface area contributed by atoms with Crippen LogP contribution in [0.15, 0.2) is 211 Å². The third-order valence-corrected chi connectivity index (χ3v) is 10.2. The average Bonchev–Trinajstić information content (AvgIpc) is 3.69. The summed E-state index contributed by atoms with van der Waals surface area (Å²) in [5, 5.41) is 7.37. The van der Waals surface area contributed by atoms with Crippen LogP contribution in [0.5, 0.6) is 0 Å². The maximum atomic E-state index is 5.18. The SMILES string of the molecule is C(=Cc1ccc(N(Cc2ccccc2)Cc2ccccc2)cc1)C1=NN(c2ccccc2)C(c2ccc(N(Cc3ccccc3)Cc3ccccc3)cc2)C1. The van der Waals surface area contributed by atoms with Gasteiger partial charge in [0.1, 0.15) is 0 Å². The maximum absolute atomic E-state index is 5.18. The van der Waals surface area contributed by atoms with Gasteiger partial charge in [0.05, 0.1) is 17.4 Å². The van der Waals surface area contributed by atoms with Crippen molar-refractivity contribution < 1.29 is 0 Å². The topological polar surface area (TPSA) is 22.1 Å². The Morgan fingerprint density at radius 3 is 1.24 bits per heavy atom. The van der Waals surface area contributed by atoms with Crippen LogP contribution in [0, 0.1) is 0 Å². The molecule has 1 heterocycles. The van der Waals surface area contributed by atoms with E-state index >= 15 is 0 Å². The number of allylic oxidation sites excluding steroid dienone is 1. The molecule has 0 saturated heterocycles. The molecule has 8 rings (SSSR count). The van der Waals surface area contributed by atoms with Crippen LogP contribution in [0.4, 0.5) is 17.1 Å². The lowest BCUT2D eigenvalue weighted by molar-refractivity contribution is 0.708. The fourth-order valence-corrected chi connectivity index (χ4v) is 7.30. The van der Waals surface area contributed by atoms with Crippen molar-refractivity contribution in [3.63, 3.8) is 0 Å². The molecule has 0 radical (unpaired) electrons. The molecule has 270 valence electrons. The van der Waals surface area contributed by atoms with Gasteiger partial charge in [-0.05, 0) is 75.9 Å². The molecular weight excluding hydrogens is 669 g/mol. The van der Waals surface area contributed by atoms with Crippen molar-refractivity contribution in [2.45, 2.75) is 38.6 Å². The zero-order valence-corrected chi connectivity index (χ0v) is 31.1. The van der Waals surface area contributed by atoms with E-state index in [1.165, 1.54) is 39.2 Å². The maximum Gasteiger partial charge on any atom is 0.0831 e. The third-order valence-electron chi connectivity index (χ3n) is 10.2. The lowest BCUT2D eigenvalue weighted by atomic mass is 10.00. The minimum atomic E-state index is 0.0969. The summed E-state index contributed by atoms with van der Waals surface area (Å²) in [5.74, 6) is 0. The predicted molar refractivity (Wildman–Crippen MR) is 231 cm³/mol. The predicted octanol–water partition coefficient (Wildman–Crippen LogP) is 12.1. The number of hydrogen-bond acceptors (Lipinski definition) is 4. The summed E-state index contributed by atoms with van der Waals surface area (Å²) in [6, 6.07) is 71.5. The van der Waals surface area contributed by atoms with Gasteiger partial charge in [-0.1, -0.05) is 170 Å². The van der Waals surface area contributed by atoms with Gasteiger partial charge in [0.25, 0.3) is 0 Å². The molecule has 1 unspecified atom stereocenters. The smallest absolute Gasteiger partial charge is 0.0831 e. The molecule has 0 fully saturated rings. The molecular formula is C51H46N4. The Hall–Kier alpha value is -6.65. The quantitative estimate of drug-likeness (QED) is 0.112. The van der Waals surface area contributed by atoms with Gasteiger partial charge in [0, 0.05) is 44.0 Å². The van der Waals surface area contributed by atoms with E-state index in [1.807, 2.05) is 0 Å². The Bertz CT molecular complexity index is 2190. The monoisotopic (exact) mass is 714 g/mol. The van der Waals surface area contributed by atoms with E-state index in [0.717, 1.165) is 49.6 Å². The van der Waals surface area contributed by atoms with E-state index in [4.69, 9.17) is 5.10 Å². The van der Waals surface area contributed by atoms with Gasteiger partial charge in [-0.25, -0.2) is 0 Å².